The molecule has 0 aliphatic carbocycles. The Morgan fingerprint density at radius 1 is 1.29 bits per heavy atom. The zero-order valence-electron chi connectivity index (χ0n) is 10.8. The first-order valence-electron chi connectivity index (χ1n) is 6.41. The maximum absolute atomic E-state index is 6.03. The summed E-state index contributed by atoms with van der Waals surface area (Å²) < 4.78 is 0. The highest BCUT2D eigenvalue weighted by Gasteiger charge is 2.12. The number of nitrogens with one attached hydrogen (secondary N) is 1. The first-order valence-corrected chi connectivity index (χ1v) is 6.79. The van der Waals surface area contributed by atoms with Crippen molar-refractivity contribution in [2.45, 2.75) is 52.0 Å². The van der Waals surface area contributed by atoms with E-state index in [1.54, 1.807) is 0 Å². The summed E-state index contributed by atoms with van der Waals surface area (Å²) in [5, 5.41) is 0.777. The molecule has 0 saturated heterocycles. The molecule has 0 aliphatic rings. The maximum Gasteiger partial charge on any atom is 0.0463 e. The molecular formula is C14H23ClN2. The molecule has 0 heterocycles. The summed E-state index contributed by atoms with van der Waals surface area (Å²) in [6.45, 7) is 4.32. The Morgan fingerprint density at radius 3 is 2.71 bits per heavy atom. The predicted molar refractivity (Wildman–Crippen MR) is 75.0 cm³/mol. The molecule has 96 valence electrons. The van der Waals surface area contributed by atoms with Crippen LogP contribution in [0.25, 0.3) is 0 Å². The molecule has 0 amide bonds. The van der Waals surface area contributed by atoms with Gasteiger partial charge in [0.1, 0.15) is 0 Å². The van der Waals surface area contributed by atoms with Crippen LogP contribution in [0.4, 0.5) is 0 Å². The highest BCUT2D eigenvalue weighted by Crippen LogP contribution is 2.25. The molecule has 0 fully saturated rings. The number of hydrogen-bond acceptors (Lipinski definition) is 2. The summed E-state index contributed by atoms with van der Waals surface area (Å²) in [6.07, 6.45) is 6.10. The Balaban J connectivity index is 2.62. The van der Waals surface area contributed by atoms with Gasteiger partial charge in [-0.05, 0) is 36.6 Å². The van der Waals surface area contributed by atoms with E-state index < -0.39 is 0 Å². The van der Waals surface area contributed by atoms with E-state index in [9.17, 15) is 0 Å². The maximum atomic E-state index is 6.03. The standard InChI is InChI=1S/C14H23ClN2/c1-3-4-5-6-7-14(17-16)13-10-12(15)9-8-11(13)2/h8-10,14,17H,3-7,16H2,1-2H3. The van der Waals surface area contributed by atoms with Gasteiger partial charge in [0.15, 0.2) is 0 Å². The van der Waals surface area contributed by atoms with Crippen LogP contribution < -0.4 is 11.3 Å². The molecule has 0 aliphatic heterocycles. The second-order valence-electron chi connectivity index (χ2n) is 4.57. The number of hydrogen-bond donors (Lipinski definition) is 2. The molecule has 3 heteroatoms. The minimum absolute atomic E-state index is 0.213. The molecule has 2 nitrogen and oxygen atoms in total. The number of halogens is 1. The first kappa shape index (κ1) is 14.5. The number of hydrazine groups is 1. The third-order valence-electron chi connectivity index (χ3n) is 3.16. The van der Waals surface area contributed by atoms with E-state index in [0.717, 1.165) is 11.4 Å². The van der Waals surface area contributed by atoms with Crippen molar-refractivity contribution in [2.24, 2.45) is 5.84 Å². The first-order chi connectivity index (χ1) is 8.19. The van der Waals surface area contributed by atoms with Crippen LogP contribution in [-0.2, 0) is 0 Å². The summed E-state index contributed by atoms with van der Waals surface area (Å²) in [6, 6.07) is 6.20. The second kappa shape index (κ2) is 7.70. The minimum Gasteiger partial charge on any atom is -0.271 e. The Kier molecular flexibility index (Phi) is 6.56. The van der Waals surface area contributed by atoms with Gasteiger partial charge < -0.3 is 0 Å². The third-order valence-corrected chi connectivity index (χ3v) is 3.40. The summed E-state index contributed by atoms with van der Waals surface area (Å²) in [4.78, 5) is 0. The average molecular weight is 255 g/mol. The van der Waals surface area contributed by atoms with E-state index in [1.807, 2.05) is 18.2 Å². The van der Waals surface area contributed by atoms with E-state index in [-0.39, 0.29) is 6.04 Å². The quantitative estimate of drug-likeness (QED) is 0.436. The van der Waals surface area contributed by atoms with Crippen LogP contribution in [0.15, 0.2) is 18.2 Å². The van der Waals surface area contributed by atoms with Gasteiger partial charge in [0.2, 0.25) is 0 Å². The molecule has 1 aromatic carbocycles. The molecule has 0 saturated carbocycles. The fourth-order valence-electron chi connectivity index (χ4n) is 2.09. The zero-order valence-corrected chi connectivity index (χ0v) is 11.6. The van der Waals surface area contributed by atoms with Crippen molar-refractivity contribution < 1.29 is 0 Å². The fourth-order valence-corrected chi connectivity index (χ4v) is 2.27. The molecule has 1 unspecified atom stereocenters. The van der Waals surface area contributed by atoms with E-state index in [1.165, 1.54) is 36.8 Å². The van der Waals surface area contributed by atoms with E-state index in [2.05, 4.69) is 19.3 Å². The fraction of sp³-hybridized carbons (Fsp3) is 0.571. The van der Waals surface area contributed by atoms with Crippen molar-refractivity contribution in [3.8, 4) is 0 Å². The van der Waals surface area contributed by atoms with E-state index in [4.69, 9.17) is 17.4 Å². The van der Waals surface area contributed by atoms with Gasteiger partial charge in [-0.15, -0.1) is 0 Å². The van der Waals surface area contributed by atoms with Crippen LogP contribution in [0.2, 0.25) is 5.02 Å². The van der Waals surface area contributed by atoms with Gasteiger partial charge in [0, 0.05) is 11.1 Å². The summed E-state index contributed by atoms with van der Waals surface area (Å²) in [5.41, 5.74) is 5.37. The molecule has 0 aromatic heterocycles. The van der Waals surface area contributed by atoms with Crippen molar-refractivity contribution in [1.82, 2.24) is 5.43 Å². The number of unbranched alkanes of at least 4 members (excludes halogenated alkanes) is 3. The Labute approximate surface area is 110 Å². The van der Waals surface area contributed by atoms with Crippen molar-refractivity contribution in [3.63, 3.8) is 0 Å². The number of aryl methyl sites for hydroxylation is 1. The lowest BCUT2D eigenvalue weighted by molar-refractivity contribution is 0.480. The molecule has 17 heavy (non-hydrogen) atoms. The Bertz CT molecular complexity index is 339. The SMILES string of the molecule is CCCCCCC(NN)c1cc(Cl)ccc1C. The van der Waals surface area contributed by atoms with Crippen LogP contribution in [-0.4, -0.2) is 0 Å². The van der Waals surface area contributed by atoms with Crippen LogP contribution in [0.3, 0.4) is 0 Å². The van der Waals surface area contributed by atoms with Crippen molar-refractivity contribution in [3.05, 3.63) is 34.3 Å². The van der Waals surface area contributed by atoms with Crippen LogP contribution >= 0.6 is 11.6 Å². The Morgan fingerprint density at radius 2 is 2.06 bits per heavy atom. The zero-order chi connectivity index (χ0) is 12.7. The van der Waals surface area contributed by atoms with Gasteiger partial charge in [-0.25, -0.2) is 0 Å². The van der Waals surface area contributed by atoms with E-state index in [0.29, 0.717) is 0 Å². The van der Waals surface area contributed by atoms with Gasteiger partial charge in [-0.1, -0.05) is 50.3 Å². The molecule has 0 spiro atoms. The van der Waals surface area contributed by atoms with Gasteiger partial charge in [-0.3, -0.25) is 11.3 Å². The molecule has 1 aromatic rings. The topological polar surface area (TPSA) is 38.0 Å². The molecule has 0 bridgehead atoms. The lowest BCUT2D eigenvalue weighted by Crippen LogP contribution is -2.28. The molecule has 1 rings (SSSR count). The average Bonchev–Trinajstić information content (AvgIpc) is 2.33. The minimum atomic E-state index is 0.213. The lowest BCUT2D eigenvalue weighted by Gasteiger charge is -2.18. The molecular weight excluding hydrogens is 232 g/mol. The predicted octanol–water partition coefficient (Wildman–Crippen LogP) is 4.12. The van der Waals surface area contributed by atoms with Crippen molar-refractivity contribution in [1.29, 1.82) is 0 Å². The van der Waals surface area contributed by atoms with E-state index >= 15 is 0 Å². The second-order valence-corrected chi connectivity index (χ2v) is 5.01. The highest BCUT2D eigenvalue weighted by atomic mass is 35.5. The third kappa shape index (κ3) is 4.66. The van der Waals surface area contributed by atoms with Crippen LogP contribution in [0, 0.1) is 6.92 Å². The largest absolute Gasteiger partial charge is 0.271 e. The van der Waals surface area contributed by atoms with Gasteiger partial charge in [0.05, 0.1) is 0 Å². The lowest BCUT2D eigenvalue weighted by atomic mass is 9.97. The monoisotopic (exact) mass is 254 g/mol. The Hall–Kier alpha value is -0.570. The van der Waals surface area contributed by atoms with Crippen molar-refractivity contribution >= 4 is 11.6 Å². The van der Waals surface area contributed by atoms with Crippen LogP contribution in [0.1, 0.15) is 56.2 Å². The van der Waals surface area contributed by atoms with Gasteiger partial charge in [-0.2, -0.15) is 0 Å². The smallest absolute Gasteiger partial charge is 0.0463 e. The highest BCUT2D eigenvalue weighted by molar-refractivity contribution is 6.30. The summed E-state index contributed by atoms with van der Waals surface area (Å²) >= 11 is 6.03. The number of benzene rings is 1. The van der Waals surface area contributed by atoms with Gasteiger partial charge in [0.25, 0.3) is 0 Å². The number of nitrogens with two attached hydrogens (primary N) is 1. The van der Waals surface area contributed by atoms with Crippen LogP contribution in [0.5, 0.6) is 0 Å². The normalized spacial score (nSPS) is 12.7. The molecule has 0 radical (unpaired) electrons. The molecule has 3 N–H and O–H groups in total. The summed E-state index contributed by atoms with van der Waals surface area (Å²) in [5.74, 6) is 5.65. The molecule has 1 atom stereocenters. The van der Waals surface area contributed by atoms with Gasteiger partial charge >= 0.3 is 0 Å². The summed E-state index contributed by atoms with van der Waals surface area (Å²) in [7, 11) is 0. The van der Waals surface area contributed by atoms with Crippen molar-refractivity contribution in [2.75, 3.05) is 0 Å². The number of rotatable bonds is 7.